The third kappa shape index (κ3) is 4.34. The van der Waals surface area contributed by atoms with Crippen molar-refractivity contribution in [3.8, 4) is 0 Å². The molecule has 2 aliphatic rings. The Labute approximate surface area is 149 Å². The van der Waals surface area contributed by atoms with Gasteiger partial charge in [-0.2, -0.15) is 5.10 Å². The first-order chi connectivity index (χ1) is 10.2. The van der Waals surface area contributed by atoms with Crippen LogP contribution in [0.2, 0.25) is 0 Å². The Morgan fingerprint density at radius 3 is 2.95 bits per heavy atom. The molecule has 3 rings (SSSR count). The number of halogens is 1. The predicted octanol–water partition coefficient (Wildman–Crippen LogP) is 1.68. The topological polar surface area (TPSA) is 63.5 Å². The average Bonchev–Trinajstić information content (AvgIpc) is 3.16. The molecule has 2 aliphatic heterocycles. The van der Waals surface area contributed by atoms with Crippen LogP contribution in [0, 0.1) is 6.92 Å². The molecule has 7 heteroatoms. The van der Waals surface area contributed by atoms with Gasteiger partial charge in [-0.15, -0.1) is 24.0 Å². The molecule has 2 bridgehead atoms. The van der Waals surface area contributed by atoms with Gasteiger partial charge in [0.2, 0.25) is 0 Å². The summed E-state index contributed by atoms with van der Waals surface area (Å²) in [5, 5.41) is 11.1. The van der Waals surface area contributed by atoms with Gasteiger partial charge in [-0.25, -0.2) is 0 Å². The Bertz CT molecular complexity index is 504. The molecule has 0 saturated carbocycles. The molecule has 1 aromatic rings. The maximum absolute atomic E-state index is 5.88. The van der Waals surface area contributed by atoms with Crippen molar-refractivity contribution in [3.05, 3.63) is 18.0 Å². The summed E-state index contributed by atoms with van der Waals surface area (Å²) in [7, 11) is 0. The molecule has 3 heterocycles. The number of aryl methyl sites for hydroxylation is 1. The van der Waals surface area contributed by atoms with Gasteiger partial charge in [0.15, 0.2) is 5.96 Å². The van der Waals surface area contributed by atoms with E-state index in [0.717, 1.165) is 32.0 Å². The van der Waals surface area contributed by atoms with E-state index in [-0.39, 0.29) is 24.0 Å². The summed E-state index contributed by atoms with van der Waals surface area (Å²) in [4.78, 5) is 4.64. The van der Waals surface area contributed by atoms with Crippen LogP contribution in [0.1, 0.15) is 31.7 Å². The number of hydrogen-bond acceptors (Lipinski definition) is 3. The fourth-order valence-corrected chi connectivity index (χ4v) is 3.14. The monoisotopic (exact) mass is 419 g/mol. The van der Waals surface area contributed by atoms with E-state index in [1.165, 1.54) is 18.4 Å². The van der Waals surface area contributed by atoms with Crippen molar-refractivity contribution in [1.82, 2.24) is 20.4 Å². The maximum atomic E-state index is 5.88. The van der Waals surface area contributed by atoms with Crippen molar-refractivity contribution in [2.24, 2.45) is 4.99 Å². The number of aliphatic imine (C=N–C) groups is 1. The van der Waals surface area contributed by atoms with Gasteiger partial charge in [0.25, 0.3) is 0 Å². The summed E-state index contributed by atoms with van der Waals surface area (Å²) in [6, 6.07) is 0.411. The quantitative estimate of drug-likeness (QED) is 0.433. The molecule has 1 aromatic heterocycles. The molecule has 0 amide bonds. The molecule has 2 fully saturated rings. The van der Waals surface area contributed by atoms with Crippen LogP contribution in [0.15, 0.2) is 17.4 Å². The molecule has 0 radical (unpaired) electrons. The number of fused-ring (bicyclic) bond motifs is 2. The van der Waals surface area contributed by atoms with Gasteiger partial charge in [-0.3, -0.25) is 9.67 Å². The number of ether oxygens (including phenoxy) is 1. The number of rotatable bonds is 5. The van der Waals surface area contributed by atoms with E-state index in [4.69, 9.17) is 4.74 Å². The fraction of sp³-hybridized carbons (Fsp3) is 0.733. The van der Waals surface area contributed by atoms with E-state index in [1.807, 2.05) is 24.0 Å². The van der Waals surface area contributed by atoms with Gasteiger partial charge >= 0.3 is 0 Å². The van der Waals surface area contributed by atoms with Gasteiger partial charge in [0.1, 0.15) is 0 Å². The van der Waals surface area contributed by atoms with Crippen molar-refractivity contribution >= 4 is 29.9 Å². The lowest BCUT2D eigenvalue weighted by Crippen LogP contribution is -2.47. The van der Waals surface area contributed by atoms with Crippen molar-refractivity contribution in [2.45, 2.75) is 57.9 Å². The number of nitrogens with zero attached hydrogens (tertiary/aromatic N) is 3. The second-order valence-corrected chi connectivity index (χ2v) is 5.90. The number of nitrogens with one attached hydrogen (secondary N) is 2. The van der Waals surface area contributed by atoms with E-state index in [2.05, 4.69) is 27.6 Å². The van der Waals surface area contributed by atoms with Crippen molar-refractivity contribution in [1.29, 1.82) is 0 Å². The van der Waals surface area contributed by atoms with Crippen molar-refractivity contribution in [3.63, 3.8) is 0 Å². The van der Waals surface area contributed by atoms with Crippen LogP contribution in [0.5, 0.6) is 0 Å². The van der Waals surface area contributed by atoms with E-state index in [1.54, 1.807) is 0 Å². The lowest BCUT2D eigenvalue weighted by atomic mass is 9.96. The Morgan fingerprint density at radius 1 is 1.50 bits per heavy atom. The minimum absolute atomic E-state index is 0. The minimum Gasteiger partial charge on any atom is -0.373 e. The van der Waals surface area contributed by atoms with Gasteiger partial charge in [0.05, 0.1) is 37.5 Å². The first-order valence-corrected chi connectivity index (χ1v) is 7.94. The van der Waals surface area contributed by atoms with Gasteiger partial charge in [-0.1, -0.05) is 0 Å². The summed E-state index contributed by atoms with van der Waals surface area (Å²) in [6.45, 7) is 6.53. The zero-order valence-corrected chi connectivity index (χ0v) is 15.6. The molecule has 3 unspecified atom stereocenters. The first-order valence-electron chi connectivity index (χ1n) is 7.94. The van der Waals surface area contributed by atoms with Crippen LogP contribution in [0.3, 0.4) is 0 Å². The van der Waals surface area contributed by atoms with Crippen molar-refractivity contribution < 1.29 is 4.74 Å². The zero-order valence-electron chi connectivity index (χ0n) is 13.3. The number of hydrogen-bond donors (Lipinski definition) is 2. The molecule has 0 spiro atoms. The Hall–Kier alpha value is -0.830. The van der Waals surface area contributed by atoms with Gasteiger partial charge in [0, 0.05) is 12.7 Å². The van der Waals surface area contributed by atoms with Crippen LogP contribution < -0.4 is 10.6 Å². The van der Waals surface area contributed by atoms with E-state index in [9.17, 15) is 0 Å². The molecule has 2 N–H and O–H groups in total. The minimum atomic E-state index is 0. The third-order valence-corrected chi connectivity index (χ3v) is 4.13. The second-order valence-electron chi connectivity index (χ2n) is 5.90. The van der Waals surface area contributed by atoms with Crippen LogP contribution in [0.4, 0.5) is 0 Å². The maximum Gasteiger partial charge on any atom is 0.191 e. The highest BCUT2D eigenvalue weighted by Gasteiger charge is 2.41. The van der Waals surface area contributed by atoms with Gasteiger partial charge < -0.3 is 15.4 Å². The number of aromatic nitrogens is 2. The van der Waals surface area contributed by atoms with Crippen LogP contribution >= 0.6 is 24.0 Å². The largest absolute Gasteiger partial charge is 0.373 e. The summed E-state index contributed by atoms with van der Waals surface area (Å²) in [6.07, 6.45) is 8.24. The Kier molecular flexibility index (Phi) is 6.49. The molecule has 6 nitrogen and oxygen atoms in total. The molecular formula is C15H26IN5O. The van der Waals surface area contributed by atoms with Crippen molar-refractivity contribution in [2.75, 3.05) is 13.1 Å². The molecule has 124 valence electrons. The highest BCUT2D eigenvalue weighted by molar-refractivity contribution is 14.0. The summed E-state index contributed by atoms with van der Waals surface area (Å²) < 4.78 is 7.81. The number of guanidine groups is 1. The Balaban J connectivity index is 0.00000176. The highest BCUT2D eigenvalue weighted by Crippen LogP contribution is 2.34. The van der Waals surface area contributed by atoms with Crippen LogP contribution in [0.25, 0.3) is 0 Å². The van der Waals surface area contributed by atoms with E-state index >= 15 is 0 Å². The third-order valence-electron chi connectivity index (χ3n) is 4.13. The highest BCUT2D eigenvalue weighted by atomic mass is 127. The molecule has 3 atom stereocenters. The lowest BCUT2D eigenvalue weighted by Gasteiger charge is -2.22. The molecule has 0 aromatic carbocycles. The predicted molar refractivity (Wildman–Crippen MR) is 97.8 cm³/mol. The summed E-state index contributed by atoms with van der Waals surface area (Å²) >= 11 is 0. The van der Waals surface area contributed by atoms with E-state index < -0.39 is 0 Å². The smallest absolute Gasteiger partial charge is 0.191 e. The summed E-state index contributed by atoms with van der Waals surface area (Å²) in [5.41, 5.74) is 1.18. The van der Waals surface area contributed by atoms with E-state index in [0.29, 0.717) is 18.2 Å². The SMILES string of the molecule is CCNC(=NCCn1cc(C)cn1)NC1CC2CCC1O2.I. The Morgan fingerprint density at radius 2 is 2.36 bits per heavy atom. The van der Waals surface area contributed by atoms with Gasteiger partial charge in [-0.05, 0) is 38.7 Å². The lowest BCUT2D eigenvalue weighted by molar-refractivity contribution is 0.0992. The van der Waals surface area contributed by atoms with Crippen LogP contribution in [-0.4, -0.2) is 47.1 Å². The normalized spacial score (nSPS) is 26.8. The summed E-state index contributed by atoms with van der Waals surface area (Å²) in [5.74, 6) is 0.891. The second kappa shape index (κ2) is 8.14. The fourth-order valence-electron chi connectivity index (χ4n) is 3.14. The molecule has 2 saturated heterocycles. The molecular weight excluding hydrogens is 393 g/mol. The standard InChI is InChI=1S/C15H25N5O.HI/c1-3-16-15(17-6-7-20-10-11(2)9-18-20)19-13-8-12-4-5-14(13)21-12;/h9-10,12-14H,3-8H2,1-2H3,(H2,16,17,19);1H. The average molecular weight is 419 g/mol. The zero-order chi connectivity index (χ0) is 14.7. The molecule has 22 heavy (non-hydrogen) atoms. The first kappa shape index (κ1) is 17.5. The molecule has 0 aliphatic carbocycles. The van der Waals surface area contributed by atoms with Crippen LogP contribution in [-0.2, 0) is 11.3 Å².